The Bertz CT molecular complexity index is 747. The van der Waals surface area contributed by atoms with E-state index < -0.39 is 0 Å². The van der Waals surface area contributed by atoms with Gasteiger partial charge in [0.15, 0.2) is 5.65 Å². The number of carbonyl (C=O) groups excluding carboxylic acids is 1. The fourth-order valence-corrected chi connectivity index (χ4v) is 3.44. The van der Waals surface area contributed by atoms with E-state index in [-0.39, 0.29) is 17.9 Å². The van der Waals surface area contributed by atoms with Crippen LogP contribution in [0.1, 0.15) is 81.9 Å². The number of nitrogens with zero attached hydrogens (tertiary/aromatic N) is 4. The molecule has 0 unspecified atom stereocenters. The van der Waals surface area contributed by atoms with Gasteiger partial charge < -0.3 is 4.90 Å². The molecule has 2 aromatic heterocycles. The van der Waals surface area contributed by atoms with E-state index in [4.69, 9.17) is 4.98 Å². The quantitative estimate of drug-likeness (QED) is 0.850. The van der Waals surface area contributed by atoms with Gasteiger partial charge in [-0.05, 0) is 52.0 Å². The van der Waals surface area contributed by atoms with Gasteiger partial charge in [-0.15, -0.1) is 0 Å². The maximum Gasteiger partial charge on any atom is 0.254 e. The zero-order valence-electron chi connectivity index (χ0n) is 15.4. The molecule has 1 atom stereocenters. The number of hydrogen-bond donors (Lipinski definition) is 0. The highest BCUT2D eigenvalue weighted by Crippen LogP contribution is 2.27. The van der Waals surface area contributed by atoms with Crippen LogP contribution in [0.5, 0.6) is 0 Å². The molecule has 3 heterocycles. The molecule has 0 aromatic carbocycles. The fraction of sp³-hybridized carbons (Fsp3) is 0.632. The van der Waals surface area contributed by atoms with Crippen molar-refractivity contribution >= 4 is 16.9 Å². The van der Waals surface area contributed by atoms with Crippen LogP contribution in [-0.4, -0.2) is 38.2 Å². The van der Waals surface area contributed by atoms with Crippen LogP contribution in [0.15, 0.2) is 12.3 Å². The second-order valence-electron chi connectivity index (χ2n) is 7.51. The molecule has 0 spiro atoms. The average molecular weight is 328 g/mol. The molecule has 1 aliphatic rings. The van der Waals surface area contributed by atoms with Crippen molar-refractivity contribution in [3.05, 3.63) is 23.5 Å². The highest BCUT2D eigenvalue weighted by molar-refractivity contribution is 6.05. The maximum atomic E-state index is 13.2. The first-order chi connectivity index (χ1) is 11.4. The van der Waals surface area contributed by atoms with E-state index >= 15 is 0 Å². The van der Waals surface area contributed by atoms with Crippen LogP contribution >= 0.6 is 0 Å². The highest BCUT2D eigenvalue weighted by Gasteiger charge is 2.27. The van der Waals surface area contributed by atoms with E-state index in [1.165, 1.54) is 6.42 Å². The number of aromatic nitrogens is 3. The Balaban J connectivity index is 2.13. The lowest BCUT2D eigenvalue weighted by atomic mass is 10.00. The molecule has 5 heteroatoms. The minimum Gasteiger partial charge on any atom is -0.336 e. The van der Waals surface area contributed by atoms with Crippen LogP contribution in [-0.2, 0) is 0 Å². The molecule has 1 fully saturated rings. The van der Waals surface area contributed by atoms with Crippen molar-refractivity contribution in [2.75, 3.05) is 6.54 Å². The predicted octanol–water partition coefficient (Wildman–Crippen LogP) is 4.15. The largest absolute Gasteiger partial charge is 0.336 e. The van der Waals surface area contributed by atoms with Gasteiger partial charge in [-0.1, -0.05) is 13.8 Å². The normalized spacial score (nSPS) is 18.8. The molecular weight excluding hydrogens is 300 g/mol. The van der Waals surface area contributed by atoms with E-state index in [1.54, 1.807) is 6.20 Å². The van der Waals surface area contributed by atoms with E-state index in [2.05, 4.69) is 39.7 Å². The average Bonchev–Trinajstić information content (AvgIpc) is 2.97. The number of hydrogen-bond acceptors (Lipinski definition) is 3. The van der Waals surface area contributed by atoms with Gasteiger partial charge in [-0.25, -0.2) is 9.67 Å². The van der Waals surface area contributed by atoms with E-state index in [9.17, 15) is 4.79 Å². The van der Waals surface area contributed by atoms with Gasteiger partial charge in [0.25, 0.3) is 5.91 Å². The molecule has 0 N–H and O–H groups in total. The fourth-order valence-electron chi connectivity index (χ4n) is 3.44. The number of carbonyl (C=O) groups is 1. The zero-order valence-corrected chi connectivity index (χ0v) is 15.4. The third-order valence-corrected chi connectivity index (χ3v) is 4.96. The van der Waals surface area contributed by atoms with Gasteiger partial charge in [-0.2, -0.15) is 5.10 Å². The first-order valence-electron chi connectivity index (χ1n) is 9.09. The van der Waals surface area contributed by atoms with Crippen molar-refractivity contribution in [2.45, 2.75) is 71.9 Å². The monoisotopic (exact) mass is 328 g/mol. The Morgan fingerprint density at radius 3 is 2.62 bits per heavy atom. The van der Waals surface area contributed by atoms with Gasteiger partial charge in [-0.3, -0.25) is 4.79 Å². The summed E-state index contributed by atoms with van der Waals surface area (Å²) >= 11 is 0. The Kier molecular flexibility index (Phi) is 4.61. The Morgan fingerprint density at radius 2 is 2.00 bits per heavy atom. The lowest BCUT2D eigenvalue weighted by Gasteiger charge is -2.33. The Labute approximate surface area is 144 Å². The van der Waals surface area contributed by atoms with Crippen LogP contribution in [0.2, 0.25) is 0 Å². The van der Waals surface area contributed by atoms with Gasteiger partial charge in [0.1, 0.15) is 0 Å². The number of likely N-dealkylation sites (tertiary alicyclic amines) is 1. The molecule has 0 aliphatic carbocycles. The Morgan fingerprint density at radius 1 is 1.25 bits per heavy atom. The standard InChI is InChI=1S/C19H28N4O/c1-12(2)17-10-15(19(24)22-9-7-6-8-14(22)5)16-11-20-23(13(3)4)18(16)21-17/h10-14H,6-9H2,1-5H3/t14-/m1/s1. The van der Waals surface area contributed by atoms with Gasteiger partial charge in [0.2, 0.25) is 0 Å². The molecular formula is C19H28N4O. The van der Waals surface area contributed by atoms with E-state index in [1.807, 2.05) is 15.6 Å². The lowest BCUT2D eigenvalue weighted by Crippen LogP contribution is -2.42. The Hall–Kier alpha value is -1.91. The molecule has 1 amide bonds. The molecule has 24 heavy (non-hydrogen) atoms. The first-order valence-corrected chi connectivity index (χ1v) is 9.09. The number of pyridine rings is 1. The number of amides is 1. The van der Waals surface area contributed by atoms with Crippen molar-refractivity contribution in [3.8, 4) is 0 Å². The SMILES string of the molecule is CC(C)c1cc(C(=O)N2CCCC[C@H]2C)c2cnn(C(C)C)c2n1. The molecule has 130 valence electrons. The number of rotatable bonds is 3. The second kappa shape index (κ2) is 6.54. The summed E-state index contributed by atoms with van der Waals surface area (Å²) < 4.78 is 1.91. The smallest absolute Gasteiger partial charge is 0.254 e. The van der Waals surface area contributed by atoms with Crippen LogP contribution in [0.4, 0.5) is 0 Å². The third kappa shape index (κ3) is 2.92. The van der Waals surface area contributed by atoms with E-state index in [0.29, 0.717) is 6.04 Å². The molecule has 1 aliphatic heterocycles. The second-order valence-corrected chi connectivity index (χ2v) is 7.51. The van der Waals surface area contributed by atoms with Gasteiger partial charge in [0, 0.05) is 24.3 Å². The molecule has 1 saturated heterocycles. The third-order valence-electron chi connectivity index (χ3n) is 4.96. The summed E-state index contributed by atoms with van der Waals surface area (Å²) in [6.07, 6.45) is 5.18. The highest BCUT2D eigenvalue weighted by atomic mass is 16.2. The van der Waals surface area contributed by atoms with Crippen molar-refractivity contribution in [1.82, 2.24) is 19.7 Å². The maximum absolute atomic E-state index is 13.2. The molecule has 2 aromatic rings. The van der Waals surface area contributed by atoms with Crippen molar-refractivity contribution in [1.29, 1.82) is 0 Å². The zero-order chi connectivity index (χ0) is 17.4. The molecule has 0 saturated carbocycles. The van der Waals surface area contributed by atoms with Crippen LogP contribution in [0, 0.1) is 0 Å². The summed E-state index contributed by atoms with van der Waals surface area (Å²) in [5.41, 5.74) is 2.53. The van der Waals surface area contributed by atoms with Crippen LogP contribution in [0.25, 0.3) is 11.0 Å². The van der Waals surface area contributed by atoms with Crippen LogP contribution < -0.4 is 0 Å². The number of piperidine rings is 1. The molecule has 0 radical (unpaired) electrons. The van der Waals surface area contributed by atoms with Crippen molar-refractivity contribution < 1.29 is 4.79 Å². The molecule has 5 nitrogen and oxygen atoms in total. The predicted molar refractivity (Wildman–Crippen MR) is 96.4 cm³/mol. The summed E-state index contributed by atoms with van der Waals surface area (Å²) in [7, 11) is 0. The van der Waals surface area contributed by atoms with Crippen molar-refractivity contribution in [2.24, 2.45) is 0 Å². The first kappa shape index (κ1) is 16.9. The minimum atomic E-state index is 0.125. The summed E-state index contributed by atoms with van der Waals surface area (Å²) in [6, 6.07) is 2.50. The van der Waals surface area contributed by atoms with E-state index in [0.717, 1.165) is 41.7 Å². The topological polar surface area (TPSA) is 51.0 Å². The summed E-state index contributed by atoms with van der Waals surface area (Å²) in [6.45, 7) is 11.4. The number of fused-ring (bicyclic) bond motifs is 1. The molecule has 0 bridgehead atoms. The summed E-state index contributed by atoms with van der Waals surface area (Å²) in [5, 5.41) is 5.36. The van der Waals surface area contributed by atoms with Gasteiger partial charge >= 0.3 is 0 Å². The van der Waals surface area contributed by atoms with Crippen LogP contribution in [0.3, 0.4) is 0 Å². The summed E-state index contributed by atoms with van der Waals surface area (Å²) in [5.74, 6) is 0.398. The summed E-state index contributed by atoms with van der Waals surface area (Å²) in [4.78, 5) is 20.1. The van der Waals surface area contributed by atoms with Crippen molar-refractivity contribution in [3.63, 3.8) is 0 Å². The lowest BCUT2D eigenvalue weighted by molar-refractivity contribution is 0.0637. The molecule has 3 rings (SSSR count). The van der Waals surface area contributed by atoms with Gasteiger partial charge in [0.05, 0.1) is 17.1 Å². The minimum absolute atomic E-state index is 0.125.